The minimum Gasteiger partial charge on any atom is -0.357 e. The first kappa shape index (κ1) is 20.5. The highest BCUT2D eigenvalue weighted by Gasteiger charge is 2.05. The van der Waals surface area contributed by atoms with Gasteiger partial charge in [0.25, 0.3) is 0 Å². The summed E-state index contributed by atoms with van der Waals surface area (Å²) in [7, 11) is 0. The summed E-state index contributed by atoms with van der Waals surface area (Å²) in [5.41, 5.74) is 2.54. The van der Waals surface area contributed by atoms with Gasteiger partial charge in [0, 0.05) is 32.0 Å². The average Bonchev–Trinajstić information content (AvgIpc) is 3.04. The summed E-state index contributed by atoms with van der Waals surface area (Å²) < 4.78 is 1.96. The van der Waals surface area contributed by atoms with Crippen LogP contribution in [0.3, 0.4) is 0 Å². The molecule has 0 saturated heterocycles. The fourth-order valence-electron chi connectivity index (χ4n) is 2.36. The number of hydrogen-bond donors (Lipinski definition) is 2. The van der Waals surface area contributed by atoms with E-state index in [2.05, 4.69) is 65.8 Å². The van der Waals surface area contributed by atoms with Gasteiger partial charge in [-0.3, -0.25) is 4.68 Å². The van der Waals surface area contributed by atoms with Crippen molar-refractivity contribution in [2.24, 2.45) is 10.9 Å². The first-order valence-corrected chi connectivity index (χ1v) is 8.23. The lowest BCUT2D eigenvalue weighted by Crippen LogP contribution is -2.40. The van der Waals surface area contributed by atoms with Gasteiger partial charge in [0.1, 0.15) is 0 Å². The second-order valence-electron chi connectivity index (χ2n) is 5.84. The van der Waals surface area contributed by atoms with Crippen LogP contribution in [-0.4, -0.2) is 28.8 Å². The van der Waals surface area contributed by atoms with E-state index in [0.29, 0.717) is 12.5 Å². The van der Waals surface area contributed by atoms with Crippen LogP contribution >= 0.6 is 24.0 Å². The molecule has 0 amide bonds. The zero-order chi connectivity index (χ0) is 16.5. The molecular weight excluding hydrogens is 413 g/mol. The summed E-state index contributed by atoms with van der Waals surface area (Å²) in [6, 6.07) is 10.3. The molecule has 0 aliphatic carbocycles. The Kier molecular flexibility index (Phi) is 9.44. The van der Waals surface area contributed by atoms with Crippen LogP contribution in [0.4, 0.5) is 0 Å². The number of nitrogens with zero attached hydrogens (tertiary/aromatic N) is 3. The second kappa shape index (κ2) is 11.1. The second-order valence-corrected chi connectivity index (χ2v) is 5.84. The smallest absolute Gasteiger partial charge is 0.191 e. The molecule has 6 heteroatoms. The molecule has 0 fully saturated rings. The van der Waals surface area contributed by atoms with Crippen molar-refractivity contribution in [3.63, 3.8) is 0 Å². The van der Waals surface area contributed by atoms with E-state index in [9.17, 15) is 0 Å². The largest absolute Gasteiger partial charge is 0.357 e. The summed E-state index contributed by atoms with van der Waals surface area (Å²) in [6.45, 7) is 9.72. The van der Waals surface area contributed by atoms with Gasteiger partial charge in [-0.05, 0) is 37.0 Å². The van der Waals surface area contributed by atoms with Gasteiger partial charge in [-0.1, -0.05) is 31.2 Å². The van der Waals surface area contributed by atoms with Crippen molar-refractivity contribution in [3.8, 4) is 0 Å². The Morgan fingerprint density at radius 2 is 2.04 bits per heavy atom. The Morgan fingerprint density at radius 1 is 1.25 bits per heavy atom. The van der Waals surface area contributed by atoms with E-state index in [4.69, 9.17) is 0 Å². The van der Waals surface area contributed by atoms with Crippen molar-refractivity contribution in [2.75, 3.05) is 13.1 Å². The molecule has 132 valence electrons. The van der Waals surface area contributed by atoms with Crippen molar-refractivity contribution in [1.29, 1.82) is 0 Å². The van der Waals surface area contributed by atoms with E-state index in [1.807, 2.05) is 23.1 Å². The molecule has 1 aromatic heterocycles. The SMILES string of the molecule is CCNC(=NCc1ccccc1C)NCC(C)Cn1cccn1.I. The topological polar surface area (TPSA) is 54.2 Å². The van der Waals surface area contributed by atoms with Gasteiger partial charge in [0.15, 0.2) is 5.96 Å². The van der Waals surface area contributed by atoms with Crippen molar-refractivity contribution in [1.82, 2.24) is 20.4 Å². The van der Waals surface area contributed by atoms with Gasteiger partial charge >= 0.3 is 0 Å². The maximum absolute atomic E-state index is 4.69. The van der Waals surface area contributed by atoms with Gasteiger partial charge in [-0.25, -0.2) is 4.99 Å². The Labute approximate surface area is 162 Å². The Bertz CT molecular complexity index is 610. The van der Waals surface area contributed by atoms with Gasteiger partial charge in [-0.15, -0.1) is 24.0 Å². The molecule has 1 unspecified atom stereocenters. The van der Waals surface area contributed by atoms with Crippen LogP contribution in [0.2, 0.25) is 0 Å². The van der Waals surface area contributed by atoms with E-state index in [-0.39, 0.29) is 24.0 Å². The molecule has 2 rings (SSSR count). The van der Waals surface area contributed by atoms with Crippen LogP contribution in [0.25, 0.3) is 0 Å². The molecule has 5 nitrogen and oxygen atoms in total. The van der Waals surface area contributed by atoms with Crippen molar-refractivity contribution < 1.29 is 0 Å². The normalized spacial score (nSPS) is 12.4. The minimum absolute atomic E-state index is 0. The molecule has 0 aliphatic rings. The maximum Gasteiger partial charge on any atom is 0.191 e. The summed E-state index contributed by atoms with van der Waals surface area (Å²) in [5, 5.41) is 11.0. The van der Waals surface area contributed by atoms with Crippen LogP contribution in [-0.2, 0) is 13.1 Å². The summed E-state index contributed by atoms with van der Waals surface area (Å²) in [6.07, 6.45) is 3.81. The van der Waals surface area contributed by atoms with Gasteiger partial charge in [-0.2, -0.15) is 5.10 Å². The van der Waals surface area contributed by atoms with Crippen molar-refractivity contribution in [3.05, 3.63) is 53.9 Å². The van der Waals surface area contributed by atoms with Gasteiger partial charge in [0.05, 0.1) is 6.54 Å². The van der Waals surface area contributed by atoms with E-state index in [0.717, 1.165) is 25.6 Å². The van der Waals surface area contributed by atoms with Crippen LogP contribution in [0.15, 0.2) is 47.7 Å². The quantitative estimate of drug-likeness (QED) is 0.394. The Balaban J connectivity index is 0.00000288. The lowest BCUT2D eigenvalue weighted by molar-refractivity contribution is 0.443. The van der Waals surface area contributed by atoms with Crippen LogP contribution in [0.1, 0.15) is 25.0 Å². The highest BCUT2D eigenvalue weighted by atomic mass is 127. The third-order valence-electron chi connectivity index (χ3n) is 3.69. The number of nitrogens with one attached hydrogen (secondary N) is 2. The number of guanidine groups is 1. The Hall–Kier alpha value is -1.57. The van der Waals surface area contributed by atoms with Crippen molar-refractivity contribution in [2.45, 2.75) is 33.9 Å². The number of rotatable bonds is 7. The molecule has 0 radical (unpaired) electrons. The molecule has 0 aliphatic heterocycles. The molecule has 24 heavy (non-hydrogen) atoms. The molecule has 1 atom stereocenters. The zero-order valence-electron chi connectivity index (χ0n) is 14.7. The lowest BCUT2D eigenvalue weighted by Gasteiger charge is -2.16. The predicted octanol–water partition coefficient (Wildman–Crippen LogP) is 3.20. The highest BCUT2D eigenvalue weighted by Crippen LogP contribution is 2.08. The molecule has 0 saturated carbocycles. The zero-order valence-corrected chi connectivity index (χ0v) is 17.0. The number of aryl methyl sites for hydroxylation is 1. The van der Waals surface area contributed by atoms with E-state index < -0.39 is 0 Å². The molecule has 2 N–H and O–H groups in total. The fraction of sp³-hybridized carbons (Fsp3) is 0.444. The third kappa shape index (κ3) is 6.90. The monoisotopic (exact) mass is 441 g/mol. The average molecular weight is 441 g/mol. The molecule has 1 heterocycles. The summed E-state index contributed by atoms with van der Waals surface area (Å²) in [5.74, 6) is 1.33. The van der Waals surface area contributed by atoms with Crippen molar-refractivity contribution >= 4 is 29.9 Å². The fourth-order valence-corrected chi connectivity index (χ4v) is 2.36. The maximum atomic E-state index is 4.69. The number of halogens is 1. The standard InChI is InChI=1S/C18H27N5.HI/c1-4-19-18(21-13-17-9-6-5-8-16(17)3)20-12-15(2)14-23-11-7-10-22-23;/h5-11,15H,4,12-14H2,1-3H3,(H2,19,20,21);1H. The minimum atomic E-state index is 0. The number of benzene rings is 1. The van der Waals surface area contributed by atoms with E-state index in [1.54, 1.807) is 0 Å². The summed E-state index contributed by atoms with van der Waals surface area (Å²) in [4.78, 5) is 4.69. The molecule has 0 bridgehead atoms. The molecule has 0 spiro atoms. The molecule has 1 aromatic carbocycles. The molecule has 2 aromatic rings. The highest BCUT2D eigenvalue weighted by molar-refractivity contribution is 14.0. The van der Waals surface area contributed by atoms with Gasteiger partial charge < -0.3 is 10.6 Å². The van der Waals surface area contributed by atoms with Crippen LogP contribution < -0.4 is 10.6 Å². The van der Waals surface area contributed by atoms with Crippen LogP contribution in [0.5, 0.6) is 0 Å². The first-order chi connectivity index (χ1) is 11.2. The van der Waals surface area contributed by atoms with E-state index >= 15 is 0 Å². The lowest BCUT2D eigenvalue weighted by atomic mass is 10.1. The third-order valence-corrected chi connectivity index (χ3v) is 3.69. The predicted molar refractivity (Wildman–Crippen MR) is 111 cm³/mol. The Morgan fingerprint density at radius 3 is 2.71 bits per heavy atom. The number of aliphatic imine (C=N–C) groups is 1. The van der Waals surface area contributed by atoms with E-state index in [1.165, 1.54) is 11.1 Å². The van der Waals surface area contributed by atoms with Crippen LogP contribution in [0, 0.1) is 12.8 Å². The summed E-state index contributed by atoms with van der Waals surface area (Å²) >= 11 is 0. The number of hydrogen-bond acceptors (Lipinski definition) is 2. The van der Waals surface area contributed by atoms with Gasteiger partial charge in [0.2, 0.25) is 0 Å². The molecular formula is C18H28IN5. The first-order valence-electron chi connectivity index (χ1n) is 8.23. The number of aromatic nitrogens is 2.